The molecule has 0 unspecified atom stereocenters. The van der Waals surface area contributed by atoms with Gasteiger partial charge in [-0.05, 0) is 128 Å². The van der Waals surface area contributed by atoms with Crippen molar-refractivity contribution in [3.8, 4) is 67.5 Å². The van der Waals surface area contributed by atoms with E-state index in [1.165, 1.54) is 22.8 Å². The lowest BCUT2D eigenvalue weighted by atomic mass is 9.79. The summed E-state index contributed by atoms with van der Waals surface area (Å²) >= 11 is 0. The molecule has 2 aromatic heterocycles. The Labute approximate surface area is 400 Å². The molecule has 62 heavy (non-hydrogen) atoms. The van der Waals surface area contributed by atoms with Gasteiger partial charge in [-0.2, -0.15) is 0 Å². The van der Waals surface area contributed by atoms with E-state index in [1.807, 2.05) is 75.4 Å². The minimum atomic E-state index is -4.23. The van der Waals surface area contributed by atoms with E-state index in [0.717, 1.165) is 22.3 Å². The van der Waals surface area contributed by atoms with E-state index in [9.17, 15) is 5.11 Å². The van der Waals surface area contributed by atoms with Crippen LogP contribution in [-0.4, -0.2) is 19.6 Å². The van der Waals surface area contributed by atoms with Gasteiger partial charge in [0.05, 0.1) is 28.0 Å². The lowest BCUT2D eigenvalue weighted by Gasteiger charge is -2.27. The topological polar surface area (TPSA) is 50.9 Å². The average Bonchev–Trinajstić information content (AvgIpc) is 0.800. The Balaban J connectivity index is 1.58. The van der Waals surface area contributed by atoms with Crippen LogP contribution in [0.25, 0.3) is 72.7 Å². The van der Waals surface area contributed by atoms with E-state index >= 15 is 0 Å². The molecule has 0 aliphatic carbocycles. The number of para-hydroxylation sites is 1. The molecule has 0 atom stereocenters. The maximum Gasteiger partial charge on any atom is 0.149 e. The second kappa shape index (κ2) is 15.9. The molecule has 0 amide bonds. The third-order valence-corrected chi connectivity index (χ3v) is 11.2. The molecule has 8 aromatic rings. The number of pyridine rings is 1. The number of aromatic hydroxyl groups is 1. The fourth-order valence-corrected chi connectivity index (χ4v) is 7.73. The SMILES string of the molecule is [2H]C([2H])([2H])c1cc(-c2ccccc2)ccc1-n1c(-c2cc(C(C([2H])([2H])[2H])(C([2H])([2H])[2H])C([2H])([2H])[2H])cc(C(C([2H])([2H])[2H])(C([2H])([2H])[2H])C([2H])([2H])[2H])c2O)nc2c(-c3cc(-c4cc(-c5ccc(C([2H])(C)C)cc5)ccn4)cc(C(C)(C)C)c3)cccc21. The molecule has 1 N–H and O–H groups in total. The predicted octanol–water partition coefficient (Wildman–Crippen LogP) is 15.8. The van der Waals surface area contributed by atoms with Crippen molar-refractivity contribution in [3.05, 3.63) is 167 Å². The first-order valence-electron chi connectivity index (χ1n) is 31.1. The number of nitrogens with zero attached hydrogens (tertiary/aromatic N) is 3. The highest BCUT2D eigenvalue weighted by molar-refractivity contribution is 5.97. The monoisotopic (exact) mass is 838 g/mol. The van der Waals surface area contributed by atoms with Gasteiger partial charge in [-0.25, -0.2) is 4.98 Å². The van der Waals surface area contributed by atoms with Gasteiger partial charge in [0.25, 0.3) is 0 Å². The number of imidazole rings is 1. The third-order valence-electron chi connectivity index (χ3n) is 11.2. The van der Waals surface area contributed by atoms with Gasteiger partial charge in [0.1, 0.15) is 11.6 Å². The molecule has 0 bridgehead atoms. The Kier molecular flexibility index (Phi) is 5.96. The van der Waals surface area contributed by atoms with E-state index in [4.69, 9.17) is 40.1 Å². The summed E-state index contributed by atoms with van der Waals surface area (Å²) in [4.78, 5) is 9.81. The first-order chi connectivity index (χ1) is 38.3. The Morgan fingerprint density at radius 3 is 1.97 bits per heavy atom. The van der Waals surface area contributed by atoms with Gasteiger partial charge in [-0.15, -0.1) is 0 Å². The van der Waals surface area contributed by atoms with Crippen molar-refractivity contribution in [1.29, 1.82) is 0 Å². The lowest BCUT2D eigenvalue weighted by molar-refractivity contribution is 0.446. The largest absolute Gasteiger partial charge is 0.507 e. The second-order valence-corrected chi connectivity index (χ2v) is 17.0. The molecular weight excluding hydrogens is 755 g/mol. The van der Waals surface area contributed by atoms with E-state index in [1.54, 1.807) is 68.6 Å². The summed E-state index contributed by atoms with van der Waals surface area (Å²) < 4.78 is 194. The summed E-state index contributed by atoms with van der Waals surface area (Å²) in [5, 5.41) is 13.0. The second-order valence-electron chi connectivity index (χ2n) is 17.0. The van der Waals surface area contributed by atoms with Gasteiger partial charge in [-0.3, -0.25) is 9.55 Å². The lowest BCUT2D eigenvalue weighted by Crippen LogP contribution is -2.17. The summed E-state index contributed by atoms with van der Waals surface area (Å²) in [5.74, 6) is -2.98. The zero-order valence-electron chi connectivity index (χ0n) is 57.1. The number of fused-ring (bicyclic) bond motifs is 1. The number of aromatic nitrogens is 3. The van der Waals surface area contributed by atoms with Gasteiger partial charge in [0, 0.05) is 53.0 Å². The number of phenolic OH excluding ortho intramolecular Hbond substituents is 1. The molecule has 314 valence electrons. The van der Waals surface area contributed by atoms with E-state index in [0.29, 0.717) is 39.6 Å². The number of aryl methyl sites for hydroxylation is 1. The van der Waals surface area contributed by atoms with Crippen LogP contribution in [0.2, 0.25) is 0 Å². The molecule has 4 nitrogen and oxygen atoms in total. The Morgan fingerprint density at radius 2 is 1.27 bits per heavy atom. The van der Waals surface area contributed by atoms with Crippen LogP contribution in [0.5, 0.6) is 5.75 Å². The first-order valence-corrected chi connectivity index (χ1v) is 20.1. The first kappa shape index (κ1) is 23.3. The highest BCUT2D eigenvalue weighted by Crippen LogP contribution is 2.45. The molecule has 0 saturated heterocycles. The van der Waals surface area contributed by atoms with Crippen molar-refractivity contribution < 1.29 is 35.3 Å². The van der Waals surface area contributed by atoms with E-state index < -0.39 is 98.4 Å². The van der Waals surface area contributed by atoms with Crippen molar-refractivity contribution in [2.75, 3.05) is 0 Å². The number of hydrogen-bond acceptors (Lipinski definition) is 3. The molecule has 0 spiro atoms. The highest BCUT2D eigenvalue weighted by Gasteiger charge is 2.29. The number of benzene rings is 6. The minimum Gasteiger partial charge on any atom is -0.507 e. The van der Waals surface area contributed by atoms with Gasteiger partial charge in [-0.1, -0.05) is 161 Å². The average molecular weight is 838 g/mol. The molecule has 8 rings (SSSR count). The fraction of sp³-hybridized carbons (Fsp3) is 0.276. The number of rotatable bonds is 7. The van der Waals surface area contributed by atoms with Gasteiger partial charge < -0.3 is 5.11 Å². The van der Waals surface area contributed by atoms with Gasteiger partial charge >= 0.3 is 0 Å². The maximum absolute atomic E-state index is 13.0. The Morgan fingerprint density at radius 1 is 0.597 bits per heavy atom. The summed E-state index contributed by atoms with van der Waals surface area (Å²) in [5.41, 5.74) is -7.01. The normalized spacial score (nSPS) is 19.2. The molecular formula is C58H61N3O. The zero-order chi connectivity index (χ0) is 62.7. The summed E-state index contributed by atoms with van der Waals surface area (Å²) in [6, 6.07) is 35.7. The summed E-state index contributed by atoms with van der Waals surface area (Å²) in [6.07, 6.45) is 1.66. The van der Waals surface area contributed by atoms with Crippen LogP contribution in [0.4, 0.5) is 0 Å². The van der Waals surface area contributed by atoms with Crippen LogP contribution >= 0.6 is 0 Å². The van der Waals surface area contributed by atoms with E-state index in [2.05, 4.69) is 0 Å². The Bertz CT molecular complexity index is 3700. The molecule has 0 fully saturated rings. The summed E-state index contributed by atoms with van der Waals surface area (Å²) in [6.45, 7) is -18.4. The zero-order valence-corrected chi connectivity index (χ0v) is 35.1. The molecule has 6 aromatic carbocycles. The molecule has 0 aliphatic rings. The highest BCUT2D eigenvalue weighted by atomic mass is 16.3. The van der Waals surface area contributed by atoms with Crippen LogP contribution < -0.4 is 0 Å². The molecule has 4 heteroatoms. The van der Waals surface area contributed by atoms with Gasteiger partial charge in [0.15, 0.2) is 0 Å². The van der Waals surface area contributed by atoms with Crippen molar-refractivity contribution in [2.45, 2.75) is 105 Å². The van der Waals surface area contributed by atoms with Crippen molar-refractivity contribution >= 4 is 11.0 Å². The van der Waals surface area contributed by atoms with Crippen molar-refractivity contribution in [2.24, 2.45) is 0 Å². The quantitative estimate of drug-likeness (QED) is 0.174. The summed E-state index contributed by atoms with van der Waals surface area (Å²) in [7, 11) is 0. The smallest absolute Gasteiger partial charge is 0.149 e. The molecule has 2 heterocycles. The van der Waals surface area contributed by atoms with Crippen LogP contribution in [0.1, 0.15) is 140 Å². The molecule has 0 aliphatic heterocycles. The van der Waals surface area contributed by atoms with Crippen LogP contribution in [0, 0.1) is 6.85 Å². The van der Waals surface area contributed by atoms with Crippen LogP contribution in [-0.2, 0) is 16.2 Å². The number of phenols is 1. The number of hydrogen-bond donors (Lipinski definition) is 1. The molecule has 0 saturated carbocycles. The van der Waals surface area contributed by atoms with Crippen molar-refractivity contribution in [3.63, 3.8) is 0 Å². The van der Waals surface area contributed by atoms with Gasteiger partial charge in [0.2, 0.25) is 0 Å². The fourth-order valence-electron chi connectivity index (χ4n) is 7.73. The van der Waals surface area contributed by atoms with Crippen LogP contribution in [0.3, 0.4) is 0 Å². The third kappa shape index (κ3) is 8.23. The van der Waals surface area contributed by atoms with Crippen molar-refractivity contribution in [1.82, 2.24) is 14.5 Å². The van der Waals surface area contributed by atoms with E-state index in [-0.39, 0.29) is 28.4 Å². The maximum atomic E-state index is 13.0. The minimum absolute atomic E-state index is 0.000984. The standard InChI is InChI=1S/C58H61N3O/c1-36(2)38-21-23-40(24-22-38)42-27-28-59-50(33-42)44-30-43(31-45(32-44)56(4,5)6)47-19-16-20-52-53(47)60-55(48-34-46(57(7,8)9)35-49(54(48)62)58(10,11)12)61(52)51-26-25-41(29-37(51)3)39-17-14-13-15-18-39/h13-36,62H,1-12H3/i3D3,7D3,8D3,9D3,10D3,11D3,12D3,36D. The van der Waals surface area contributed by atoms with Crippen LogP contribution in [0.15, 0.2) is 140 Å². The predicted molar refractivity (Wildman–Crippen MR) is 263 cm³/mol. The molecule has 0 radical (unpaired) electrons. The Hall–Kier alpha value is -6.26.